The number of ether oxygens (including phenoxy) is 2. The van der Waals surface area contributed by atoms with E-state index in [2.05, 4.69) is 14.8 Å². The third kappa shape index (κ3) is 2.82. The van der Waals surface area contributed by atoms with E-state index < -0.39 is 24.2 Å². The minimum absolute atomic E-state index is 0.172. The summed E-state index contributed by atoms with van der Waals surface area (Å²) >= 11 is 0. The summed E-state index contributed by atoms with van der Waals surface area (Å²) in [4.78, 5) is 14.8. The van der Waals surface area contributed by atoms with Crippen LogP contribution in [0.3, 0.4) is 0 Å². The molecule has 0 radical (unpaired) electrons. The standard InChI is InChI=1S/C11H9F2N3O4/c1-19-9(17)5-20-11-14-10(16(18)15-11)7-3-2-6(12)4-8(7)13/h2-4,18H,5H2,1H3. The molecule has 2 aromatic rings. The molecule has 7 nitrogen and oxygen atoms in total. The first-order chi connectivity index (χ1) is 9.51. The fourth-order valence-corrected chi connectivity index (χ4v) is 1.37. The van der Waals surface area contributed by atoms with Gasteiger partial charge in [-0.05, 0) is 12.1 Å². The molecule has 0 unspecified atom stereocenters. The van der Waals surface area contributed by atoms with Crippen molar-refractivity contribution < 1.29 is 28.3 Å². The Morgan fingerprint density at radius 3 is 2.85 bits per heavy atom. The molecule has 0 aliphatic rings. The third-order valence-corrected chi connectivity index (χ3v) is 2.29. The van der Waals surface area contributed by atoms with Crippen molar-refractivity contribution in [2.24, 2.45) is 0 Å². The second-order valence-corrected chi connectivity index (χ2v) is 3.60. The first kappa shape index (κ1) is 13.7. The minimum Gasteiger partial charge on any atom is -0.466 e. The summed E-state index contributed by atoms with van der Waals surface area (Å²) in [6, 6.07) is 2.38. The van der Waals surface area contributed by atoms with Crippen LogP contribution in [-0.2, 0) is 9.53 Å². The summed E-state index contributed by atoms with van der Waals surface area (Å²) in [5, 5.41) is 12.9. The Morgan fingerprint density at radius 1 is 1.45 bits per heavy atom. The second kappa shape index (κ2) is 5.51. The van der Waals surface area contributed by atoms with Crippen molar-refractivity contribution in [1.29, 1.82) is 0 Å². The molecule has 2 rings (SSSR count). The van der Waals surface area contributed by atoms with Gasteiger partial charge in [0.05, 0.1) is 12.7 Å². The monoisotopic (exact) mass is 285 g/mol. The molecule has 0 fully saturated rings. The summed E-state index contributed by atoms with van der Waals surface area (Å²) in [7, 11) is 1.17. The van der Waals surface area contributed by atoms with Crippen LogP contribution in [0.25, 0.3) is 11.4 Å². The molecule has 1 aromatic carbocycles. The number of methoxy groups -OCH3 is 1. The SMILES string of the molecule is COC(=O)COc1nc(-c2ccc(F)cc2F)n(O)n1. The van der Waals surface area contributed by atoms with Gasteiger partial charge in [0, 0.05) is 6.07 Å². The smallest absolute Gasteiger partial charge is 0.344 e. The van der Waals surface area contributed by atoms with Gasteiger partial charge in [0.25, 0.3) is 0 Å². The molecule has 20 heavy (non-hydrogen) atoms. The zero-order valence-electron chi connectivity index (χ0n) is 10.2. The Kier molecular flexibility index (Phi) is 3.78. The van der Waals surface area contributed by atoms with E-state index in [0.717, 1.165) is 12.1 Å². The lowest BCUT2D eigenvalue weighted by Crippen LogP contribution is -2.13. The van der Waals surface area contributed by atoms with Crippen molar-refractivity contribution in [1.82, 2.24) is 14.9 Å². The Bertz CT molecular complexity index is 645. The molecule has 0 spiro atoms. The average molecular weight is 285 g/mol. The summed E-state index contributed by atoms with van der Waals surface area (Å²) < 4.78 is 35.5. The van der Waals surface area contributed by atoms with Crippen molar-refractivity contribution in [2.45, 2.75) is 0 Å². The number of nitrogens with zero attached hydrogens (tertiary/aromatic N) is 3. The molecule has 1 N–H and O–H groups in total. The van der Waals surface area contributed by atoms with Gasteiger partial charge in [-0.1, -0.05) is 9.94 Å². The number of esters is 1. The lowest BCUT2D eigenvalue weighted by Gasteiger charge is -2.00. The molecule has 0 aliphatic carbocycles. The molecular weight excluding hydrogens is 276 g/mol. The highest BCUT2D eigenvalue weighted by Crippen LogP contribution is 2.22. The van der Waals surface area contributed by atoms with E-state index >= 15 is 0 Å². The lowest BCUT2D eigenvalue weighted by molar-refractivity contribution is -0.143. The van der Waals surface area contributed by atoms with E-state index in [4.69, 9.17) is 4.74 Å². The molecule has 0 saturated carbocycles. The summed E-state index contributed by atoms with van der Waals surface area (Å²) in [6.07, 6.45) is 0. The van der Waals surface area contributed by atoms with Gasteiger partial charge in [0.1, 0.15) is 11.6 Å². The average Bonchev–Trinajstić information content (AvgIpc) is 2.77. The van der Waals surface area contributed by atoms with Crippen molar-refractivity contribution >= 4 is 5.97 Å². The van der Waals surface area contributed by atoms with Crippen LogP contribution in [0, 0.1) is 11.6 Å². The first-order valence-electron chi connectivity index (χ1n) is 5.32. The van der Waals surface area contributed by atoms with Crippen LogP contribution >= 0.6 is 0 Å². The summed E-state index contributed by atoms with van der Waals surface area (Å²) in [5.74, 6) is -2.65. The third-order valence-electron chi connectivity index (χ3n) is 2.29. The Balaban J connectivity index is 2.25. The Hall–Kier alpha value is -2.71. The van der Waals surface area contributed by atoms with Gasteiger partial charge in [-0.25, -0.2) is 13.6 Å². The number of carbonyl (C=O) groups is 1. The maximum atomic E-state index is 13.5. The fraction of sp³-hybridized carbons (Fsp3) is 0.182. The Morgan fingerprint density at radius 2 is 2.20 bits per heavy atom. The van der Waals surface area contributed by atoms with Gasteiger partial charge < -0.3 is 14.7 Å². The van der Waals surface area contributed by atoms with E-state index in [9.17, 15) is 18.8 Å². The van der Waals surface area contributed by atoms with Crippen LogP contribution in [0.5, 0.6) is 6.01 Å². The normalized spacial score (nSPS) is 10.3. The van der Waals surface area contributed by atoms with E-state index in [1.807, 2.05) is 0 Å². The van der Waals surface area contributed by atoms with Crippen molar-refractivity contribution in [3.05, 3.63) is 29.8 Å². The largest absolute Gasteiger partial charge is 0.466 e. The van der Waals surface area contributed by atoms with Crippen molar-refractivity contribution in [3.63, 3.8) is 0 Å². The molecule has 0 saturated heterocycles. The maximum Gasteiger partial charge on any atom is 0.344 e. The van der Waals surface area contributed by atoms with Crippen LogP contribution in [0.2, 0.25) is 0 Å². The zero-order valence-corrected chi connectivity index (χ0v) is 10.2. The number of hydrogen-bond acceptors (Lipinski definition) is 6. The van der Waals surface area contributed by atoms with Crippen molar-refractivity contribution in [3.8, 4) is 17.4 Å². The van der Waals surface area contributed by atoms with Gasteiger partial charge in [0.15, 0.2) is 6.61 Å². The number of hydrogen-bond donors (Lipinski definition) is 1. The molecule has 0 bridgehead atoms. The van der Waals surface area contributed by atoms with E-state index in [0.29, 0.717) is 6.07 Å². The second-order valence-electron chi connectivity index (χ2n) is 3.60. The lowest BCUT2D eigenvalue weighted by atomic mass is 10.2. The molecule has 9 heteroatoms. The number of aromatic nitrogens is 3. The van der Waals surface area contributed by atoms with Gasteiger partial charge >= 0.3 is 12.0 Å². The summed E-state index contributed by atoms with van der Waals surface area (Å²) in [5.41, 5.74) is -0.172. The zero-order chi connectivity index (χ0) is 14.7. The van der Waals surface area contributed by atoms with Gasteiger partial charge in [-0.3, -0.25) is 0 Å². The number of rotatable bonds is 4. The van der Waals surface area contributed by atoms with Crippen molar-refractivity contribution in [2.75, 3.05) is 13.7 Å². The molecular formula is C11H9F2N3O4. The molecule has 0 amide bonds. The molecule has 1 aromatic heterocycles. The van der Waals surface area contributed by atoms with Gasteiger partial charge in [0.2, 0.25) is 5.82 Å². The van der Waals surface area contributed by atoms with E-state index in [1.54, 1.807) is 0 Å². The van der Waals surface area contributed by atoms with E-state index in [1.165, 1.54) is 7.11 Å². The number of halogens is 2. The fourth-order valence-electron chi connectivity index (χ4n) is 1.37. The highest BCUT2D eigenvalue weighted by molar-refractivity contribution is 5.70. The predicted molar refractivity (Wildman–Crippen MR) is 60.1 cm³/mol. The van der Waals surface area contributed by atoms with Crippen LogP contribution < -0.4 is 4.74 Å². The highest BCUT2D eigenvalue weighted by Gasteiger charge is 2.17. The number of benzene rings is 1. The van der Waals surface area contributed by atoms with Crippen LogP contribution in [0.4, 0.5) is 8.78 Å². The maximum absolute atomic E-state index is 13.5. The first-order valence-corrected chi connectivity index (χ1v) is 5.32. The number of carbonyl (C=O) groups excluding carboxylic acids is 1. The van der Waals surface area contributed by atoms with E-state index in [-0.39, 0.29) is 22.2 Å². The predicted octanol–water partition coefficient (Wildman–Crippen LogP) is 1.01. The summed E-state index contributed by atoms with van der Waals surface area (Å²) in [6.45, 7) is -0.466. The molecule has 1 heterocycles. The molecule has 0 atom stereocenters. The Labute approximate surface area is 111 Å². The quantitative estimate of drug-likeness (QED) is 0.666. The van der Waals surface area contributed by atoms with Gasteiger partial charge in [-0.2, -0.15) is 4.98 Å². The van der Waals surface area contributed by atoms with Crippen LogP contribution in [-0.4, -0.2) is 39.8 Å². The van der Waals surface area contributed by atoms with Crippen LogP contribution in [0.15, 0.2) is 18.2 Å². The minimum atomic E-state index is -0.924. The topological polar surface area (TPSA) is 86.5 Å². The van der Waals surface area contributed by atoms with Gasteiger partial charge in [-0.15, -0.1) is 0 Å². The van der Waals surface area contributed by atoms with Crippen LogP contribution in [0.1, 0.15) is 0 Å². The highest BCUT2D eigenvalue weighted by atomic mass is 19.1. The molecule has 0 aliphatic heterocycles. The molecule has 106 valence electrons.